The van der Waals surface area contributed by atoms with E-state index >= 15 is 0 Å². The van der Waals surface area contributed by atoms with Gasteiger partial charge in [0, 0.05) is 6.01 Å². The fraction of sp³-hybridized carbons (Fsp3) is 1.00. The van der Waals surface area contributed by atoms with Crippen LogP contribution in [-0.2, 0) is 0 Å². The monoisotopic (exact) mass is 244 g/mol. The largest absolute Gasteiger partial charge is 0.208 e. The highest BCUT2D eigenvalue weighted by Gasteiger charge is 2.74. The van der Waals surface area contributed by atoms with E-state index in [1.807, 2.05) is 0 Å². The molecule has 1 saturated heterocycles. The molecule has 0 radical (unpaired) electrons. The lowest BCUT2D eigenvalue weighted by Gasteiger charge is -2.62. The lowest BCUT2D eigenvalue weighted by Crippen LogP contribution is -2.28. The summed E-state index contributed by atoms with van der Waals surface area (Å²) in [5, 5.41) is 0. The third-order valence-electron chi connectivity index (χ3n) is 4.32. The molecule has 76 valence electrons. The first-order valence-electron chi connectivity index (χ1n) is 4.77. The van der Waals surface area contributed by atoms with Gasteiger partial charge < -0.3 is 0 Å². The maximum atomic E-state index is 3.16. The molecule has 0 N–H and O–H groups in total. The first-order chi connectivity index (χ1) is 5.49. The highest BCUT2D eigenvalue weighted by atomic mass is 33.9. The molecule has 1 aliphatic heterocycles. The van der Waals surface area contributed by atoms with Crippen LogP contribution in [0.3, 0.4) is 0 Å². The van der Waals surface area contributed by atoms with Gasteiger partial charge in [0.05, 0.1) is 0 Å². The van der Waals surface area contributed by atoms with Crippen molar-refractivity contribution in [2.75, 3.05) is 23.0 Å². The van der Waals surface area contributed by atoms with Crippen molar-refractivity contribution >= 4 is 32.3 Å². The zero-order chi connectivity index (χ0) is 9.52. The number of hydrogen-bond donors (Lipinski definition) is 0. The van der Waals surface area contributed by atoms with Gasteiger partial charge in [0.2, 0.25) is 0 Å². The first-order valence-corrected chi connectivity index (χ1v) is 13.4. The van der Waals surface area contributed by atoms with E-state index < -0.39 is 6.95 Å². The van der Waals surface area contributed by atoms with Crippen LogP contribution >= 0.6 is 32.3 Å². The van der Waals surface area contributed by atoms with E-state index in [4.69, 9.17) is 0 Å². The molecule has 0 aromatic heterocycles. The molecule has 0 aromatic rings. The fourth-order valence-electron chi connectivity index (χ4n) is 2.17. The minimum Gasteiger partial charge on any atom is -0.208 e. The van der Waals surface area contributed by atoms with Crippen molar-refractivity contribution in [1.29, 1.82) is 0 Å². The van der Waals surface area contributed by atoms with E-state index in [0.717, 1.165) is 0 Å². The summed E-state index contributed by atoms with van der Waals surface area (Å²) in [6, 6.07) is 0.264. The summed E-state index contributed by atoms with van der Waals surface area (Å²) >= 11 is 0. The Morgan fingerprint density at radius 1 is 1.00 bits per heavy atom. The highest BCUT2D eigenvalue weighted by Crippen LogP contribution is 3.35. The average molecular weight is 244 g/mol. The summed E-state index contributed by atoms with van der Waals surface area (Å²) in [6.07, 6.45) is 0. The van der Waals surface area contributed by atoms with E-state index in [1.54, 1.807) is 0 Å². The number of rotatable bonds is 4. The van der Waals surface area contributed by atoms with Crippen LogP contribution in [0.1, 0.15) is 27.7 Å². The minimum atomic E-state index is -1.51. The molecule has 0 amide bonds. The maximum absolute atomic E-state index is 3.16. The van der Waals surface area contributed by atoms with Crippen LogP contribution < -0.4 is 0 Å². The Morgan fingerprint density at radius 2 is 1.25 bits per heavy atom. The molecule has 0 spiro atoms. The topological polar surface area (TPSA) is 0 Å². The van der Waals surface area contributed by atoms with E-state index in [2.05, 4.69) is 47.0 Å². The third kappa shape index (κ3) is 0.964. The Labute approximate surface area is 83.0 Å². The van der Waals surface area contributed by atoms with Crippen LogP contribution in [0.5, 0.6) is 0 Å². The Bertz CT molecular complexity index is 170. The molecule has 2 atom stereocenters. The van der Waals surface area contributed by atoms with Gasteiger partial charge in [-0.1, -0.05) is 47.0 Å². The van der Waals surface area contributed by atoms with Gasteiger partial charge in [-0.25, -0.2) is 6.95 Å². The van der Waals surface area contributed by atoms with Crippen molar-refractivity contribution in [3.63, 3.8) is 0 Å². The lowest BCUT2D eigenvalue weighted by atomic mass is 10.9. The zero-order valence-corrected chi connectivity index (χ0v) is 12.4. The van der Waals surface area contributed by atoms with E-state index in [-0.39, 0.29) is 6.01 Å². The molecular weight excluding hydrogens is 222 g/mol. The summed E-state index contributed by atoms with van der Waals surface area (Å²) in [5.41, 5.74) is 0. The molecule has 1 rings (SSSR count). The molecule has 4 heteroatoms. The minimum absolute atomic E-state index is 0.264. The lowest BCUT2D eigenvalue weighted by molar-refractivity contribution is 1.28. The molecule has 0 aliphatic carbocycles. The van der Waals surface area contributed by atoms with E-state index in [9.17, 15) is 0 Å². The second-order valence-corrected chi connectivity index (χ2v) is 27.8. The van der Waals surface area contributed by atoms with Crippen molar-refractivity contribution in [1.82, 2.24) is 0 Å². The summed E-state index contributed by atoms with van der Waals surface area (Å²) in [5.74, 6) is 5.85. The molecule has 0 bridgehead atoms. The average Bonchev–Trinajstić information content (AvgIpc) is 2.72. The molecule has 1 heterocycles. The van der Waals surface area contributed by atoms with Crippen LogP contribution in [0.15, 0.2) is 0 Å². The van der Waals surface area contributed by atoms with Crippen molar-refractivity contribution in [2.45, 2.75) is 27.7 Å². The molecular formula is C8H22P2S2. The predicted molar refractivity (Wildman–Crippen MR) is 74.0 cm³/mol. The predicted octanol–water partition coefficient (Wildman–Crippen LogP) is 4.71. The Kier molecular flexibility index (Phi) is 2.70. The van der Waals surface area contributed by atoms with E-state index in [1.165, 1.54) is 23.0 Å². The maximum Gasteiger partial charge on any atom is 0.0179 e. The van der Waals surface area contributed by atoms with Crippen molar-refractivity contribution in [2.24, 2.45) is 0 Å². The molecule has 2 unspecified atom stereocenters. The van der Waals surface area contributed by atoms with Gasteiger partial charge in [-0.3, -0.25) is 0 Å². The molecule has 12 heavy (non-hydrogen) atoms. The third-order valence-corrected chi connectivity index (χ3v) is 44.7. The van der Waals surface area contributed by atoms with Crippen molar-refractivity contribution in [3.8, 4) is 0 Å². The summed E-state index contributed by atoms with van der Waals surface area (Å²) in [4.78, 5) is 0. The van der Waals surface area contributed by atoms with Gasteiger partial charge in [-0.05, 0) is 23.0 Å². The second-order valence-electron chi connectivity index (χ2n) is 3.80. The Morgan fingerprint density at radius 3 is 1.25 bits per heavy atom. The summed E-state index contributed by atoms with van der Waals surface area (Å²) < 4.78 is 0. The zero-order valence-electron chi connectivity index (χ0n) is 8.67. The van der Waals surface area contributed by atoms with Gasteiger partial charge >= 0.3 is 0 Å². The normalized spacial score (nSPS) is 40.2. The van der Waals surface area contributed by atoms with Gasteiger partial charge in [-0.2, -0.15) is 0 Å². The van der Waals surface area contributed by atoms with Gasteiger partial charge in [-0.15, -0.1) is 0 Å². The van der Waals surface area contributed by atoms with Crippen LogP contribution in [0.25, 0.3) is 0 Å². The van der Waals surface area contributed by atoms with Crippen LogP contribution in [0.2, 0.25) is 0 Å². The molecule has 0 nitrogen and oxygen atoms in total. The van der Waals surface area contributed by atoms with Crippen LogP contribution in [0, 0.1) is 0 Å². The van der Waals surface area contributed by atoms with E-state index in [0.29, 0.717) is 0 Å². The SMILES string of the molecule is CCS1(CC)(CC)(CC)SP1P. The van der Waals surface area contributed by atoms with Crippen molar-refractivity contribution < 1.29 is 0 Å². The van der Waals surface area contributed by atoms with Crippen molar-refractivity contribution in [3.05, 3.63) is 0 Å². The molecule has 0 saturated carbocycles. The second kappa shape index (κ2) is 2.78. The quantitative estimate of drug-likeness (QED) is 0.392. The molecule has 1 aliphatic rings. The summed E-state index contributed by atoms with van der Waals surface area (Å²) in [6.45, 7) is 8.20. The van der Waals surface area contributed by atoms with Gasteiger partial charge in [0.15, 0.2) is 0 Å². The highest BCUT2D eigenvalue weighted by molar-refractivity contribution is 9.73. The molecule has 0 aromatic carbocycles. The standard InChI is InChI=1S/C8H22P2S2/c1-5-12(6-2,7-3,8-4)10(9)11-12/h5-9H2,1-4H3. The van der Waals surface area contributed by atoms with Crippen LogP contribution in [0.4, 0.5) is 0 Å². The number of hydrogen-bond acceptors (Lipinski definition) is 1. The van der Waals surface area contributed by atoms with Gasteiger partial charge in [0.25, 0.3) is 0 Å². The smallest absolute Gasteiger partial charge is 0.0179 e. The summed E-state index contributed by atoms with van der Waals surface area (Å²) in [7, 11) is 5.54. The Balaban J connectivity index is 3.16. The molecule has 1 fully saturated rings. The van der Waals surface area contributed by atoms with Crippen LogP contribution in [-0.4, -0.2) is 23.0 Å². The first kappa shape index (κ1) is 11.6. The van der Waals surface area contributed by atoms with Gasteiger partial charge in [0.1, 0.15) is 0 Å². The fourth-order valence-corrected chi connectivity index (χ4v) is 44.6. The Hall–Kier alpha value is 1.56.